The summed E-state index contributed by atoms with van der Waals surface area (Å²) in [6.45, 7) is 1.11. The molecular formula is C35H44F3N9O. The second kappa shape index (κ2) is 12.7. The van der Waals surface area contributed by atoms with Crippen LogP contribution in [0.2, 0.25) is 0 Å². The highest BCUT2D eigenvalue weighted by Crippen LogP contribution is 2.50. The molecule has 0 saturated carbocycles. The molecule has 4 atom stereocenters. The van der Waals surface area contributed by atoms with E-state index in [2.05, 4.69) is 16.0 Å². The molecule has 0 radical (unpaired) electrons. The van der Waals surface area contributed by atoms with E-state index in [1.165, 1.54) is 11.0 Å². The number of nitrogens with two attached hydrogens (primary N) is 2. The van der Waals surface area contributed by atoms with Crippen LogP contribution in [0.4, 0.5) is 30.5 Å². The van der Waals surface area contributed by atoms with Crippen LogP contribution in [-0.4, -0.2) is 71.9 Å². The lowest BCUT2D eigenvalue weighted by atomic mass is 9.68. The monoisotopic (exact) mass is 666 g/mol. The molecule has 3 aromatic rings. The number of aromatic nitrogens is 3. The van der Waals surface area contributed by atoms with E-state index in [4.69, 9.17) is 30.3 Å². The number of hydrogen-bond acceptors (Lipinski definition) is 10. The summed E-state index contributed by atoms with van der Waals surface area (Å²) >= 11 is 0. The van der Waals surface area contributed by atoms with Gasteiger partial charge in [-0.05, 0) is 76.4 Å². The first kappa shape index (κ1) is 29.9. The van der Waals surface area contributed by atoms with Gasteiger partial charge in [0, 0.05) is 59.3 Å². The standard InChI is InChI=1S/C35H44F3N9O/c1-20(21-9-7-12-42-31(21)41)47(5)32-24-17-46(4)35(11-6-8-22-26(36)14-27(40)23(16-39)29(22)35)15-28(24)43-33(44-32)48-19-34(2)18-45(3)13-10-25(34)30(37)38/h7,9,12,14,20,25,30H,6,8,10-11,13,15,17-19,40H2,1-5H3,(H2,41,42)/t20-,25-,34+,35+/m1/s1/i3D3. The molecule has 256 valence electrons. The van der Waals surface area contributed by atoms with Gasteiger partial charge in [-0.25, -0.2) is 18.2 Å². The maximum atomic E-state index is 15.5. The average molecular weight is 667 g/mol. The van der Waals surface area contributed by atoms with E-state index >= 15 is 4.39 Å². The summed E-state index contributed by atoms with van der Waals surface area (Å²) in [4.78, 5) is 19.2. The van der Waals surface area contributed by atoms with Gasteiger partial charge in [0.2, 0.25) is 6.43 Å². The summed E-state index contributed by atoms with van der Waals surface area (Å²) in [6, 6.07) is 6.74. The lowest BCUT2D eigenvalue weighted by molar-refractivity contribution is -0.0680. The fraction of sp³-hybridized carbons (Fsp3) is 0.543. The molecule has 4 N–H and O–H groups in total. The van der Waals surface area contributed by atoms with E-state index in [1.807, 2.05) is 32.0 Å². The Hall–Kier alpha value is -4.15. The van der Waals surface area contributed by atoms with E-state index in [-0.39, 0.29) is 55.8 Å². The molecule has 48 heavy (non-hydrogen) atoms. The summed E-state index contributed by atoms with van der Waals surface area (Å²) < 4.78 is 74.3. The first-order valence-corrected chi connectivity index (χ1v) is 16.2. The zero-order valence-corrected chi connectivity index (χ0v) is 27.7. The molecule has 1 aliphatic carbocycles. The smallest absolute Gasteiger partial charge is 0.318 e. The molecule has 2 aliphatic heterocycles. The van der Waals surface area contributed by atoms with Crippen LogP contribution >= 0.6 is 0 Å². The predicted octanol–water partition coefficient (Wildman–Crippen LogP) is 5.07. The lowest BCUT2D eigenvalue weighted by Crippen LogP contribution is -2.52. The van der Waals surface area contributed by atoms with Gasteiger partial charge >= 0.3 is 6.01 Å². The van der Waals surface area contributed by atoms with Crippen LogP contribution in [0.3, 0.4) is 0 Å². The first-order valence-electron chi connectivity index (χ1n) is 17.7. The number of alkyl halides is 2. The second-order valence-corrected chi connectivity index (χ2v) is 13.8. The van der Waals surface area contributed by atoms with Gasteiger partial charge in [0.15, 0.2) is 0 Å². The summed E-state index contributed by atoms with van der Waals surface area (Å²) in [6.07, 6.45) is 0.941. The number of rotatable bonds is 7. The van der Waals surface area contributed by atoms with E-state index in [9.17, 15) is 14.0 Å². The SMILES string of the molecule is [2H]C([2H])([2H])N1CC[C@H](C(F)F)[C@](C)(COc2nc3c(c(N(C)[C@H](C)c4cccnc4N)n2)CN(C)[C@@]2(CCCc4c(F)cc(N)c(C#N)c42)C3)C1. The van der Waals surface area contributed by atoms with Gasteiger partial charge < -0.3 is 26.0 Å². The van der Waals surface area contributed by atoms with E-state index in [1.54, 1.807) is 19.2 Å². The van der Waals surface area contributed by atoms with Crippen LogP contribution in [-0.2, 0) is 24.9 Å². The molecule has 6 rings (SSSR count). The summed E-state index contributed by atoms with van der Waals surface area (Å²) in [5.74, 6) is -0.678. The molecule has 0 unspecified atom stereocenters. The zero-order valence-electron chi connectivity index (χ0n) is 30.7. The number of nitrogen functional groups attached to an aromatic ring is 2. The number of nitriles is 1. The van der Waals surface area contributed by atoms with Crippen LogP contribution < -0.4 is 21.1 Å². The van der Waals surface area contributed by atoms with Crippen LogP contribution in [0.1, 0.15) is 76.8 Å². The Bertz CT molecular complexity index is 1860. The first-order chi connectivity index (χ1) is 24.0. The Morgan fingerprint density at radius 1 is 1.29 bits per heavy atom. The molecule has 3 aliphatic rings. The van der Waals surface area contributed by atoms with Gasteiger partial charge in [-0.1, -0.05) is 13.0 Å². The maximum absolute atomic E-state index is 15.5. The normalized spacial score (nSPS) is 26.1. The van der Waals surface area contributed by atoms with Gasteiger partial charge in [0.25, 0.3) is 0 Å². The van der Waals surface area contributed by atoms with Gasteiger partial charge in [0.05, 0.1) is 35.1 Å². The summed E-state index contributed by atoms with van der Waals surface area (Å²) in [5.41, 5.74) is 13.9. The highest BCUT2D eigenvalue weighted by molar-refractivity contribution is 5.64. The van der Waals surface area contributed by atoms with Gasteiger partial charge in [-0.3, -0.25) is 4.90 Å². The number of piperidine rings is 1. The number of anilines is 3. The molecule has 1 aromatic carbocycles. The lowest BCUT2D eigenvalue weighted by Gasteiger charge is -2.50. The van der Waals surface area contributed by atoms with E-state index in [0.717, 1.165) is 11.1 Å². The third-order valence-corrected chi connectivity index (χ3v) is 10.9. The van der Waals surface area contributed by atoms with Crippen molar-refractivity contribution in [3.05, 3.63) is 63.7 Å². The minimum Gasteiger partial charge on any atom is -0.463 e. The van der Waals surface area contributed by atoms with Gasteiger partial charge in [-0.2, -0.15) is 15.2 Å². The molecule has 4 heterocycles. The predicted molar refractivity (Wildman–Crippen MR) is 178 cm³/mol. The Labute approximate surface area is 284 Å². The number of likely N-dealkylation sites (N-methyl/N-ethyl adjacent to an activating group) is 1. The summed E-state index contributed by atoms with van der Waals surface area (Å²) in [5, 5.41) is 10.2. The minimum atomic E-state index is -2.68. The third kappa shape index (κ3) is 5.68. The van der Waals surface area contributed by atoms with Crippen molar-refractivity contribution >= 4 is 17.3 Å². The molecule has 1 fully saturated rings. The molecule has 10 nitrogen and oxygen atoms in total. The van der Waals surface area contributed by atoms with Crippen molar-refractivity contribution in [1.29, 1.82) is 5.26 Å². The Balaban J connectivity index is 1.45. The average Bonchev–Trinajstić information content (AvgIpc) is 3.07. The highest BCUT2D eigenvalue weighted by Gasteiger charge is 2.48. The van der Waals surface area contributed by atoms with Crippen molar-refractivity contribution in [1.82, 2.24) is 24.8 Å². The Kier molecular flexibility index (Phi) is 7.93. The number of ether oxygens (including phenoxy) is 1. The topological polar surface area (TPSA) is 133 Å². The van der Waals surface area contributed by atoms with E-state index < -0.39 is 36.1 Å². The number of pyridine rings is 1. The number of halogens is 3. The van der Waals surface area contributed by atoms with Crippen LogP contribution in [0.25, 0.3) is 0 Å². The molecule has 1 spiro atoms. The number of likely N-dealkylation sites (tertiary alicyclic amines) is 1. The van der Waals surface area contributed by atoms with Crippen molar-refractivity contribution in [3.63, 3.8) is 0 Å². The Morgan fingerprint density at radius 2 is 2.08 bits per heavy atom. The molecule has 0 bridgehead atoms. The molecule has 1 saturated heterocycles. The quantitative estimate of drug-likeness (QED) is 0.330. The van der Waals surface area contributed by atoms with Crippen molar-refractivity contribution in [2.75, 3.05) is 57.1 Å². The number of benzene rings is 1. The molecule has 0 amide bonds. The van der Waals surface area contributed by atoms with Gasteiger partial charge in [-0.15, -0.1) is 0 Å². The Morgan fingerprint density at radius 3 is 2.79 bits per heavy atom. The fourth-order valence-electron chi connectivity index (χ4n) is 8.05. The number of nitrogens with zero attached hydrogens (tertiary/aromatic N) is 7. The zero-order chi connectivity index (χ0) is 37.0. The van der Waals surface area contributed by atoms with Crippen molar-refractivity contribution in [2.45, 2.75) is 70.5 Å². The minimum absolute atomic E-state index is 0.00578. The molecule has 2 aromatic heterocycles. The van der Waals surface area contributed by atoms with Crippen molar-refractivity contribution in [2.24, 2.45) is 11.3 Å². The molecule has 13 heteroatoms. The number of fused-ring (bicyclic) bond motifs is 3. The van der Waals surface area contributed by atoms with Crippen molar-refractivity contribution in [3.8, 4) is 12.1 Å². The number of hydrogen-bond donors (Lipinski definition) is 2. The summed E-state index contributed by atoms with van der Waals surface area (Å²) in [7, 11) is 3.79. The van der Waals surface area contributed by atoms with Crippen LogP contribution in [0.15, 0.2) is 24.4 Å². The largest absolute Gasteiger partial charge is 0.463 e. The van der Waals surface area contributed by atoms with Gasteiger partial charge in [0.1, 0.15) is 23.5 Å². The van der Waals surface area contributed by atoms with Crippen LogP contribution in [0.5, 0.6) is 6.01 Å². The second-order valence-electron chi connectivity index (χ2n) is 13.8. The third-order valence-electron chi connectivity index (χ3n) is 10.9. The van der Waals surface area contributed by atoms with Crippen molar-refractivity contribution < 1.29 is 22.0 Å². The molecular weight excluding hydrogens is 619 g/mol. The fourth-order valence-corrected chi connectivity index (χ4v) is 8.05. The maximum Gasteiger partial charge on any atom is 0.318 e. The van der Waals surface area contributed by atoms with Crippen LogP contribution in [0, 0.1) is 28.5 Å². The van der Waals surface area contributed by atoms with E-state index in [0.29, 0.717) is 54.3 Å². The highest BCUT2D eigenvalue weighted by atomic mass is 19.3.